The van der Waals surface area contributed by atoms with Gasteiger partial charge in [0, 0.05) is 15.6 Å². The molecule has 0 aliphatic carbocycles. The maximum atomic E-state index is 11.8. The minimum atomic E-state index is -0.550. The molecule has 134 valence electrons. The second kappa shape index (κ2) is 8.21. The lowest BCUT2D eigenvalue weighted by molar-refractivity contribution is -0.148. The van der Waals surface area contributed by atoms with Gasteiger partial charge in [-0.25, -0.2) is 4.79 Å². The van der Waals surface area contributed by atoms with Crippen molar-refractivity contribution in [2.24, 2.45) is 0 Å². The Hall–Kier alpha value is -2.57. The van der Waals surface area contributed by atoms with Crippen molar-refractivity contribution in [2.45, 2.75) is 13.5 Å². The summed E-state index contributed by atoms with van der Waals surface area (Å²) in [7, 11) is 0. The highest BCUT2D eigenvalue weighted by molar-refractivity contribution is 6.30. The molecule has 3 aromatic rings. The third kappa shape index (κ3) is 4.74. The smallest absolute Gasteiger partial charge is 0.344 e. The van der Waals surface area contributed by atoms with E-state index in [4.69, 9.17) is 37.1 Å². The molecule has 0 fully saturated rings. The van der Waals surface area contributed by atoms with Crippen molar-refractivity contribution in [3.05, 3.63) is 64.0 Å². The zero-order chi connectivity index (χ0) is 18.5. The van der Waals surface area contributed by atoms with Crippen LogP contribution in [0.25, 0.3) is 11.5 Å². The molecule has 0 radical (unpaired) electrons. The van der Waals surface area contributed by atoms with Crippen LogP contribution in [0.5, 0.6) is 5.75 Å². The summed E-state index contributed by atoms with van der Waals surface area (Å²) in [4.78, 5) is 11.8. The number of rotatable bonds is 6. The molecule has 0 atom stereocenters. The van der Waals surface area contributed by atoms with E-state index in [0.29, 0.717) is 21.7 Å². The lowest BCUT2D eigenvalue weighted by atomic mass is 10.2. The van der Waals surface area contributed by atoms with E-state index >= 15 is 0 Å². The van der Waals surface area contributed by atoms with Crippen LogP contribution in [0.2, 0.25) is 10.0 Å². The van der Waals surface area contributed by atoms with Crippen molar-refractivity contribution in [1.29, 1.82) is 0 Å². The minimum absolute atomic E-state index is 0.137. The van der Waals surface area contributed by atoms with Gasteiger partial charge in [-0.05, 0) is 55.0 Å². The molecule has 1 heterocycles. The number of aryl methyl sites for hydroxylation is 1. The minimum Gasteiger partial charge on any atom is -0.482 e. The lowest BCUT2D eigenvalue weighted by Crippen LogP contribution is -2.15. The Balaban J connectivity index is 1.51. The fraction of sp³-hybridized carbons (Fsp3) is 0.167. The molecule has 0 saturated heterocycles. The molecule has 26 heavy (non-hydrogen) atoms. The largest absolute Gasteiger partial charge is 0.482 e. The molecule has 0 amide bonds. The van der Waals surface area contributed by atoms with Crippen LogP contribution in [0.1, 0.15) is 11.5 Å². The second-order valence-electron chi connectivity index (χ2n) is 5.37. The fourth-order valence-corrected chi connectivity index (χ4v) is 2.47. The first-order valence-electron chi connectivity index (χ1n) is 7.64. The number of halogens is 2. The zero-order valence-electron chi connectivity index (χ0n) is 13.7. The number of carbonyl (C=O) groups excluding carboxylic acids is 1. The Morgan fingerprint density at radius 1 is 1.08 bits per heavy atom. The Morgan fingerprint density at radius 2 is 1.81 bits per heavy atom. The van der Waals surface area contributed by atoms with Gasteiger partial charge in [0.25, 0.3) is 5.89 Å². The Kier molecular flexibility index (Phi) is 5.75. The predicted octanol–water partition coefficient (Wildman–Crippen LogP) is 4.47. The molecule has 3 rings (SSSR count). The highest BCUT2D eigenvalue weighted by atomic mass is 35.5. The first-order valence-corrected chi connectivity index (χ1v) is 8.40. The van der Waals surface area contributed by atoms with Gasteiger partial charge in [-0.1, -0.05) is 23.2 Å². The Bertz CT molecular complexity index is 910. The Labute approximate surface area is 159 Å². The van der Waals surface area contributed by atoms with Gasteiger partial charge in [0.1, 0.15) is 5.75 Å². The van der Waals surface area contributed by atoms with E-state index in [2.05, 4.69) is 10.2 Å². The molecular formula is C18H14Cl2N2O4. The zero-order valence-corrected chi connectivity index (χ0v) is 15.3. The van der Waals surface area contributed by atoms with Gasteiger partial charge in [0.15, 0.2) is 13.2 Å². The van der Waals surface area contributed by atoms with Crippen molar-refractivity contribution >= 4 is 29.2 Å². The van der Waals surface area contributed by atoms with Crippen molar-refractivity contribution in [1.82, 2.24) is 10.2 Å². The van der Waals surface area contributed by atoms with Gasteiger partial charge in [-0.2, -0.15) is 0 Å². The molecule has 2 aromatic carbocycles. The number of benzene rings is 2. The lowest BCUT2D eigenvalue weighted by Gasteiger charge is -2.08. The molecule has 0 saturated carbocycles. The topological polar surface area (TPSA) is 74.5 Å². The van der Waals surface area contributed by atoms with Crippen molar-refractivity contribution in [3.8, 4) is 17.2 Å². The molecule has 0 aliphatic rings. The summed E-state index contributed by atoms with van der Waals surface area (Å²) in [6, 6.07) is 12.1. The quantitative estimate of drug-likeness (QED) is 0.575. The molecule has 0 spiro atoms. The van der Waals surface area contributed by atoms with Gasteiger partial charge in [-0.3, -0.25) is 0 Å². The van der Waals surface area contributed by atoms with Crippen LogP contribution in [0.3, 0.4) is 0 Å². The molecule has 0 unspecified atom stereocenters. The van der Waals surface area contributed by atoms with E-state index in [1.165, 1.54) is 0 Å². The van der Waals surface area contributed by atoms with E-state index < -0.39 is 5.97 Å². The number of hydrogen-bond donors (Lipinski definition) is 0. The highest BCUT2D eigenvalue weighted by Crippen LogP contribution is 2.22. The van der Waals surface area contributed by atoms with Gasteiger partial charge < -0.3 is 13.9 Å². The molecule has 0 bridgehead atoms. The SMILES string of the molecule is Cc1cc(Cl)ccc1OCC(=O)OCc1nnc(-c2ccc(Cl)cc2)o1. The van der Waals surface area contributed by atoms with Crippen LogP contribution >= 0.6 is 23.2 Å². The first-order chi connectivity index (χ1) is 12.5. The maximum Gasteiger partial charge on any atom is 0.344 e. The van der Waals surface area contributed by atoms with E-state index in [-0.39, 0.29) is 19.1 Å². The van der Waals surface area contributed by atoms with Crippen LogP contribution in [0, 0.1) is 6.92 Å². The first kappa shape index (κ1) is 18.2. The van der Waals surface area contributed by atoms with Crippen molar-refractivity contribution < 1.29 is 18.7 Å². The monoisotopic (exact) mass is 392 g/mol. The maximum absolute atomic E-state index is 11.8. The van der Waals surface area contributed by atoms with Gasteiger partial charge in [0.2, 0.25) is 5.89 Å². The number of ether oxygens (including phenoxy) is 2. The molecular weight excluding hydrogens is 379 g/mol. The molecule has 0 N–H and O–H groups in total. The molecule has 6 nitrogen and oxygen atoms in total. The molecule has 8 heteroatoms. The van der Waals surface area contributed by atoms with Crippen LogP contribution in [-0.4, -0.2) is 22.8 Å². The fourth-order valence-electron chi connectivity index (χ4n) is 2.12. The van der Waals surface area contributed by atoms with Gasteiger partial charge >= 0.3 is 5.97 Å². The summed E-state index contributed by atoms with van der Waals surface area (Å²) in [6.07, 6.45) is 0. The van der Waals surface area contributed by atoms with E-state index in [9.17, 15) is 4.79 Å². The number of esters is 1. The highest BCUT2D eigenvalue weighted by Gasteiger charge is 2.12. The van der Waals surface area contributed by atoms with Crippen LogP contribution in [0.15, 0.2) is 46.9 Å². The molecule has 0 aliphatic heterocycles. The van der Waals surface area contributed by atoms with Gasteiger partial charge in [-0.15, -0.1) is 10.2 Å². The summed E-state index contributed by atoms with van der Waals surface area (Å²) in [5.74, 6) is 0.520. The van der Waals surface area contributed by atoms with Crippen LogP contribution in [-0.2, 0) is 16.1 Å². The summed E-state index contributed by atoms with van der Waals surface area (Å²) in [5, 5.41) is 8.97. The van der Waals surface area contributed by atoms with Crippen molar-refractivity contribution in [2.75, 3.05) is 6.61 Å². The normalized spacial score (nSPS) is 10.6. The average molecular weight is 393 g/mol. The number of nitrogens with zero attached hydrogens (tertiary/aromatic N) is 2. The molecule has 1 aromatic heterocycles. The van der Waals surface area contributed by atoms with E-state index in [1.54, 1.807) is 42.5 Å². The van der Waals surface area contributed by atoms with Crippen molar-refractivity contribution in [3.63, 3.8) is 0 Å². The number of carbonyl (C=O) groups is 1. The van der Waals surface area contributed by atoms with E-state index in [1.807, 2.05) is 6.92 Å². The summed E-state index contributed by atoms with van der Waals surface area (Å²) >= 11 is 11.7. The summed E-state index contributed by atoms with van der Waals surface area (Å²) in [6.45, 7) is 1.46. The van der Waals surface area contributed by atoms with Crippen LogP contribution < -0.4 is 4.74 Å². The third-order valence-electron chi connectivity index (χ3n) is 3.40. The second-order valence-corrected chi connectivity index (χ2v) is 6.24. The van der Waals surface area contributed by atoms with Gasteiger partial charge in [0.05, 0.1) is 0 Å². The van der Waals surface area contributed by atoms with Crippen LogP contribution in [0.4, 0.5) is 0 Å². The summed E-state index contributed by atoms with van der Waals surface area (Å²) < 4.78 is 15.9. The van der Waals surface area contributed by atoms with E-state index in [0.717, 1.165) is 11.1 Å². The Morgan fingerprint density at radius 3 is 2.54 bits per heavy atom. The number of hydrogen-bond acceptors (Lipinski definition) is 6. The summed E-state index contributed by atoms with van der Waals surface area (Å²) in [5.41, 5.74) is 1.55. The predicted molar refractivity (Wildman–Crippen MR) is 96.2 cm³/mol. The third-order valence-corrected chi connectivity index (χ3v) is 3.88. The average Bonchev–Trinajstić information content (AvgIpc) is 3.09. The standard InChI is InChI=1S/C18H14Cl2N2O4/c1-11-8-14(20)6-7-15(11)24-10-17(23)25-9-16-21-22-18(26-16)12-2-4-13(19)5-3-12/h2-8H,9-10H2,1H3. The number of aromatic nitrogens is 2.